The minimum Gasteiger partial charge on any atom is -0.462 e. The van der Waals surface area contributed by atoms with Crippen molar-refractivity contribution in [3.8, 4) is 0 Å². The van der Waals surface area contributed by atoms with Gasteiger partial charge in [0, 0.05) is 12.6 Å². The Morgan fingerprint density at radius 3 is 2.24 bits per heavy atom. The van der Waals surface area contributed by atoms with Crippen molar-refractivity contribution in [1.29, 1.82) is 0 Å². The zero-order valence-electron chi connectivity index (χ0n) is 25.1. The molecule has 0 unspecified atom stereocenters. The van der Waals surface area contributed by atoms with Crippen molar-refractivity contribution in [3.63, 3.8) is 0 Å². The highest BCUT2D eigenvalue weighted by Gasteiger charge is 2.29. The molecule has 0 aliphatic carbocycles. The van der Waals surface area contributed by atoms with Crippen molar-refractivity contribution >= 4 is 51.9 Å². The molecule has 0 aliphatic rings. The first kappa shape index (κ1) is 32.8. The number of benzene rings is 1. The van der Waals surface area contributed by atoms with Gasteiger partial charge < -0.3 is 24.7 Å². The van der Waals surface area contributed by atoms with Crippen molar-refractivity contribution < 1.29 is 28.7 Å². The number of nitrogens with one attached hydrogen (secondary N) is 2. The van der Waals surface area contributed by atoms with E-state index in [0.717, 1.165) is 28.7 Å². The summed E-state index contributed by atoms with van der Waals surface area (Å²) in [6.07, 6.45) is 0. The number of anilines is 1. The van der Waals surface area contributed by atoms with Crippen molar-refractivity contribution in [3.05, 3.63) is 57.2 Å². The molecule has 0 bridgehead atoms. The van der Waals surface area contributed by atoms with Gasteiger partial charge in [-0.25, -0.2) is 9.59 Å². The van der Waals surface area contributed by atoms with Crippen LogP contribution in [0, 0.1) is 6.92 Å². The number of ether oxygens (including phenoxy) is 2. The van der Waals surface area contributed by atoms with E-state index in [1.165, 1.54) is 0 Å². The van der Waals surface area contributed by atoms with Crippen molar-refractivity contribution in [2.45, 2.75) is 70.8 Å². The Kier molecular flexibility index (Phi) is 10.9. The van der Waals surface area contributed by atoms with Crippen molar-refractivity contribution in [2.75, 3.05) is 18.5 Å². The fourth-order valence-electron chi connectivity index (χ4n) is 3.85. The Bertz CT molecular complexity index is 1460. The van der Waals surface area contributed by atoms with Crippen molar-refractivity contribution in [2.24, 2.45) is 7.05 Å². The number of carbonyl (C=O) groups is 4. The molecule has 1 atom stereocenters. The number of rotatable bonds is 11. The molecule has 2 N–H and O–H groups in total. The molecule has 0 saturated carbocycles. The van der Waals surface area contributed by atoms with E-state index in [0.29, 0.717) is 22.1 Å². The quantitative estimate of drug-likeness (QED) is 0.228. The number of hydrogen-bond acceptors (Lipinski definition) is 10. The van der Waals surface area contributed by atoms with Gasteiger partial charge in [0.25, 0.3) is 5.91 Å². The lowest BCUT2D eigenvalue weighted by molar-refractivity contribution is -0.115. The standard InChI is InChI=1S/C29H37N5O6S2/c1-9-39-26(37)21-16(3)22(27(38)40-10-2)42-25(21)31-23(35)17(4)41-28-33-32-20(34(28)8)15-30-24(36)18-11-13-19(14-12-18)29(5,6)7/h11-14,17H,9-10,15H2,1-8H3,(H,30,36)(H,31,35)/t17-/m0/s1. The molecule has 13 heteroatoms. The van der Waals surface area contributed by atoms with Gasteiger partial charge in [-0.1, -0.05) is 44.7 Å². The molecule has 11 nitrogen and oxygen atoms in total. The summed E-state index contributed by atoms with van der Waals surface area (Å²) in [5.74, 6) is -1.33. The summed E-state index contributed by atoms with van der Waals surface area (Å²) in [4.78, 5) is 51.1. The molecule has 0 saturated heterocycles. The number of esters is 2. The third kappa shape index (κ3) is 7.77. The largest absolute Gasteiger partial charge is 0.462 e. The first-order valence-corrected chi connectivity index (χ1v) is 15.2. The number of hydrogen-bond donors (Lipinski definition) is 2. The molecule has 3 aromatic rings. The number of carbonyl (C=O) groups excluding carboxylic acids is 4. The second-order valence-electron chi connectivity index (χ2n) is 10.4. The summed E-state index contributed by atoms with van der Waals surface area (Å²) in [5, 5.41) is 14.0. The Morgan fingerprint density at radius 2 is 1.64 bits per heavy atom. The first-order valence-electron chi connectivity index (χ1n) is 13.5. The summed E-state index contributed by atoms with van der Waals surface area (Å²) in [6.45, 7) is 13.5. The molecule has 0 aliphatic heterocycles. The van der Waals surface area contributed by atoms with Gasteiger partial charge in [-0.05, 0) is 56.4 Å². The normalized spacial score (nSPS) is 12.0. The van der Waals surface area contributed by atoms with E-state index in [1.54, 1.807) is 51.4 Å². The molecule has 0 spiro atoms. The highest BCUT2D eigenvalue weighted by molar-refractivity contribution is 8.00. The molecular formula is C29H37N5O6S2. The summed E-state index contributed by atoms with van der Waals surface area (Å²) in [7, 11) is 1.75. The van der Waals surface area contributed by atoms with Crippen LogP contribution < -0.4 is 10.6 Å². The molecule has 2 amide bonds. The van der Waals surface area contributed by atoms with Gasteiger partial charge in [-0.2, -0.15) is 0 Å². The summed E-state index contributed by atoms with van der Waals surface area (Å²) < 4.78 is 12.0. The molecule has 1 aromatic carbocycles. The van der Waals surface area contributed by atoms with Crippen LogP contribution in [-0.2, 0) is 33.3 Å². The average molecular weight is 616 g/mol. The van der Waals surface area contributed by atoms with Gasteiger partial charge in [-0.15, -0.1) is 21.5 Å². The van der Waals surface area contributed by atoms with E-state index in [4.69, 9.17) is 9.47 Å². The lowest BCUT2D eigenvalue weighted by atomic mass is 9.87. The van der Waals surface area contributed by atoms with Crippen LogP contribution in [-0.4, -0.2) is 57.0 Å². The number of nitrogens with zero attached hydrogens (tertiary/aromatic N) is 3. The Labute approximate surface area is 253 Å². The molecule has 2 aromatic heterocycles. The topological polar surface area (TPSA) is 142 Å². The number of thioether (sulfide) groups is 1. The van der Waals surface area contributed by atoms with Gasteiger partial charge in [0.05, 0.1) is 30.6 Å². The van der Waals surface area contributed by atoms with Crippen LogP contribution in [0.15, 0.2) is 29.4 Å². The van der Waals surface area contributed by atoms with Crippen LogP contribution in [0.3, 0.4) is 0 Å². The van der Waals surface area contributed by atoms with Gasteiger partial charge in [0.15, 0.2) is 11.0 Å². The third-order valence-electron chi connectivity index (χ3n) is 6.32. The van der Waals surface area contributed by atoms with E-state index in [1.807, 2.05) is 12.1 Å². The average Bonchev–Trinajstić information content (AvgIpc) is 3.45. The molecule has 226 valence electrons. The van der Waals surface area contributed by atoms with Crippen LogP contribution in [0.4, 0.5) is 5.00 Å². The second kappa shape index (κ2) is 14.0. The summed E-state index contributed by atoms with van der Waals surface area (Å²) >= 11 is 2.13. The van der Waals surface area contributed by atoms with Gasteiger partial charge in [0.1, 0.15) is 9.88 Å². The third-order valence-corrected chi connectivity index (χ3v) is 8.64. The summed E-state index contributed by atoms with van der Waals surface area (Å²) in [5.41, 5.74) is 2.19. The monoisotopic (exact) mass is 615 g/mol. The maximum Gasteiger partial charge on any atom is 0.348 e. The lowest BCUT2D eigenvalue weighted by Gasteiger charge is -2.19. The number of amides is 2. The molecular weight excluding hydrogens is 578 g/mol. The maximum absolute atomic E-state index is 13.1. The second-order valence-corrected chi connectivity index (χ2v) is 12.7. The van der Waals surface area contributed by atoms with E-state index in [-0.39, 0.29) is 46.5 Å². The highest BCUT2D eigenvalue weighted by Crippen LogP contribution is 2.35. The van der Waals surface area contributed by atoms with Gasteiger partial charge >= 0.3 is 11.9 Å². The first-order chi connectivity index (χ1) is 19.8. The molecule has 0 radical (unpaired) electrons. The Balaban J connectivity index is 1.67. The van der Waals surface area contributed by atoms with E-state index in [9.17, 15) is 19.2 Å². The minimum absolute atomic E-state index is 0.00672. The molecule has 42 heavy (non-hydrogen) atoms. The fraction of sp³-hybridized carbons (Fsp3) is 0.448. The van der Waals surface area contributed by atoms with Gasteiger partial charge in [0.2, 0.25) is 5.91 Å². The molecule has 3 rings (SSSR count). The van der Waals surface area contributed by atoms with E-state index in [2.05, 4.69) is 41.6 Å². The summed E-state index contributed by atoms with van der Waals surface area (Å²) in [6, 6.07) is 7.49. The van der Waals surface area contributed by atoms with Crippen molar-refractivity contribution in [1.82, 2.24) is 20.1 Å². The number of thiophene rings is 1. The van der Waals surface area contributed by atoms with E-state index >= 15 is 0 Å². The highest BCUT2D eigenvalue weighted by atomic mass is 32.2. The predicted octanol–water partition coefficient (Wildman–Crippen LogP) is 4.89. The van der Waals surface area contributed by atoms with Crippen LogP contribution >= 0.6 is 23.1 Å². The minimum atomic E-state index is -0.639. The Morgan fingerprint density at radius 1 is 1.02 bits per heavy atom. The van der Waals surface area contributed by atoms with Crippen LogP contribution in [0.1, 0.15) is 88.9 Å². The van der Waals surface area contributed by atoms with Crippen LogP contribution in [0.25, 0.3) is 0 Å². The predicted molar refractivity (Wildman–Crippen MR) is 162 cm³/mol. The molecule has 0 fully saturated rings. The van der Waals surface area contributed by atoms with Crippen LogP contribution in [0.5, 0.6) is 0 Å². The fourth-order valence-corrected chi connectivity index (χ4v) is 5.78. The van der Waals surface area contributed by atoms with E-state index < -0.39 is 23.1 Å². The smallest absolute Gasteiger partial charge is 0.348 e. The zero-order chi connectivity index (χ0) is 31.2. The lowest BCUT2D eigenvalue weighted by Crippen LogP contribution is -2.25. The maximum atomic E-state index is 13.1. The molecule has 2 heterocycles. The van der Waals surface area contributed by atoms with Gasteiger partial charge in [-0.3, -0.25) is 9.59 Å². The van der Waals surface area contributed by atoms with Crippen LogP contribution in [0.2, 0.25) is 0 Å². The zero-order valence-corrected chi connectivity index (χ0v) is 26.7. The SMILES string of the molecule is CCOC(=O)c1sc(NC(=O)[C@H](C)Sc2nnc(CNC(=O)c3ccc(C(C)(C)C)cc3)n2C)c(C(=O)OCC)c1C. The Hall–Kier alpha value is -3.71. The number of aromatic nitrogens is 3.